The minimum Gasteiger partial charge on any atom is -0.454 e. The highest BCUT2D eigenvalue weighted by molar-refractivity contribution is 5.64. The molecule has 1 aliphatic rings. The van der Waals surface area contributed by atoms with E-state index in [1.165, 1.54) is 5.56 Å². The molecule has 3 aromatic rings. The molecule has 27 heavy (non-hydrogen) atoms. The first-order valence-corrected chi connectivity index (χ1v) is 8.85. The number of aromatic nitrogens is 2. The molecule has 0 spiro atoms. The molecule has 6 heteroatoms. The predicted octanol–water partition coefficient (Wildman–Crippen LogP) is 4.99. The second kappa shape index (κ2) is 6.79. The Morgan fingerprint density at radius 3 is 2.59 bits per heavy atom. The highest BCUT2D eigenvalue weighted by Crippen LogP contribution is 2.35. The van der Waals surface area contributed by atoms with E-state index in [1.807, 2.05) is 42.5 Å². The van der Waals surface area contributed by atoms with Crippen LogP contribution in [0, 0.1) is 0 Å². The first kappa shape index (κ1) is 17.1. The van der Waals surface area contributed by atoms with Crippen molar-refractivity contribution in [1.82, 2.24) is 9.97 Å². The molecule has 0 fully saturated rings. The van der Waals surface area contributed by atoms with Gasteiger partial charge in [0, 0.05) is 23.6 Å². The zero-order valence-electron chi connectivity index (χ0n) is 15.6. The summed E-state index contributed by atoms with van der Waals surface area (Å²) in [7, 11) is 0. The van der Waals surface area contributed by atoms with Crippen molar-refractivity contribution in [1.29, 1.82) is 0 Å². The van der Waals surface area contributed by atoms with Gasteiger partial charge in [-0.25, -0.2) is 4.98 Å². The first-order valence-electron chi connectivity index (χ1n) is 8.85. The minimum atomic E-state index is 0.0198. The second-order valence-corrected chi connectivity index (χ2v) is 7.38. The van der Waals surface area contributed by atoms with Gasteiger partial charge in [-0.3, -0.25) is 0 Å². The number of hydrogen-bond donors (Lipinski definition) is 2. The Hall–Kier alpha value is -3.28. The van der Waals surface area contributed by atoms with Crippen LogP contribution in [0.15, 0.2) is 54.7 Å². The van der Waals surface area contributed by atoms with Crippen LogP contribution in [-0.2, 0) is 5.41 Å². The zero-order chi connectivity index (χ0) is 18.9. The van der Waals surface area contributed by atoms with Crippen LogP contribution in [0.4, 0.5) is 23.1 Å². The number of anilines is 4. The number of fused-ring (bicyclic) bond motifs is 1. The fourth-order valence-electron chi connectivity index (χ4n) is 2.98. The molecule has 0 aliphatic carbocycles. The lowest BCUT2D eigenvalue weighted by Crippen LogP contribution is -2.14. The van der Waals surface area contributed by atoms with Crippen LogP contribution in [0.5, 0.6) is 11.5 Å². The molecule has 2 heterocycles. The summed E-state index contributed by atoms with van der Waals surface area (Å²) in [5.74, 6) is 2.72. The fraction of sp³-hybridized carbons (Fsp3) is 0.238. The SMILES string of the molecule is CC(C)(C)c1ccccc1Nc1nccc(Nc2ccc3c(c2)OCO3)n1. The van der Waals surface area contributed by atoms with Crippen LogP contribution in [-0.4, -0.2) is 16.8 Å². The summed E-state index contributed by atoms with van der Waals surface area (Å²) in [5.41, 5.74) is 3.11. The van der Waals surface area contributed by atoms with Gasteiger partial charge < -0.3 is 20.1 Å². The summed E-state index contributed by atoms with van der Waals surface area (Å²) < 4.78 is 10.8. The third-order valence-electron chi connectivity index (χ3n) is 4.28. The topological polar surface area (TPSA) is 68.3 Å². The molecule has 0 bridgehead atoms. The fourth-order valence-corrected chi connectivity index (χ4v) is 2.98. The van der Waals surface area contributed by atoms with Gasteiger partial charge >= 0.3 is 0 Å². The van der Waals surface area contributed by atoms with E-state index in [4.69, 9.17) is 9.47 Å². The van der Waals surface area contributed by atoms with E-state index in [0.717, 1.165) is 22.9 Å². The Balaban J connectivity index is 1.55. The average Bonchev–Trinajstić information content (AvgIpc) is 3.09. The Kier molecular flexibility index (Phi) is 4.32. The van der Waals surface area contributed by atoms with E-state index < -0.39 is 0 Å². The number of nitrogens with one attached hydrogen (secondary N) is 2. The maximum Gasteiger partial charge on any atom is 0.231 e. The number of para-hydroxylation sites is 1. The van der Waals surface area contributed by atoms with Crippen LogP contribution in [0.2, 0.25) is 0 Å². The number of benzene rings is 2. The Labute approximate surface area is 158 Å². The lowest BCUT2D eigenvalue weighted by Gasteiger charge is -2.23. The maximum absolute atomic E-state index is 5.42. The normalized spacial score (nSPS) is 12.7. The summed E-state index contributed by atoms with van der Waals surface area (Å²) in [4.78, 5) is 8.93. The van der Waals surface area contributed by atoms with E-state index in [-0.39, 0.29) is 12.2 Å². The molecule has 0 saturated heterocycles. The van der Waals surface area contributed by atoms with Crippen LogP contribution >= 0.6 is 0 Å². The molecule has 1 aliphatic heterocycles. The monoisotopic (exact) mass is 362 g/mol. The molecule has 4 rings (SSSR count). The van der Waals surface area contributed by atoms with Gasteiger partial charge in [-0.2, -0.15) is 4.98 Å². The van der Waals surface area contributed by atoms with Gasteiger partial charge in [0.05, 0.1) is 0 Å². The predicted molar refractivity (Wildman–Crippen MR) is 106 cm³/mol. The minimum absolute atomic E-state index is 0.0198. The van der Waals surface area contributed by atoms with E-state index in [2.05, 4.69) is 47.4 Å². The molecule has 0 amide bonds. The van der Waals surface area contributed by atoms with Gasteiger partial charge in [0.2, 0.25) is 12.7 Å². The van der Waals surface area contributed by atoms with Crippen molar-refractivity contribution in [2.45, 2.75) is 26.2 Å². The smallest absolute Gasteiger partial charge is 0.231 e. The van der Waals surface area contributed by atoms with Gasteiger partial charge in [-0.05, 0) is 35.2 Å². The zero-order valence-corrected chi connectivity index (χ0v) is 15.6. The second-order valence-electron chi connectivity index (χ2n) is 7.38. The summed E-state index contributed by atoms with van der Waals surface area (Å²) >= 11 is 0. The number of hydrogen-bond acceptors (Lipinski definition) is 6. The maximum atomic E-state index is 5.42. The molecule has 0 radical (unpaired) electrons. The molecule has 138 valence electrons. The van der Waals surface area contributed by atoms with Gasteiger partial charge in [-0.1, -0.05) is 39.0 Å². The van der Waals surface area contributed by atoms with Crippen molar-refractivity contribution in [3.8, 4) is 11.5 Å². The van der Waals surface area contributed by atoms with E-state index in [0.29, 0.717) is 11.8 Å². The van der Waals surface area contributed by atoms with Gasteiger partial charge in [-0.15, -0.1) is 0 Å². The molecule has 6 nitrogen and oxygen atoms in total. The number of rotatable bonds is 4. The Morgan fingerprint density at radius 2 is 1.74 bits per heavy atom. The van der Waals surface area contributed by atoms with Crippen molar-refractivity contribution < 1.29 is 9.47 Å². The quantitative estimate of drug-likeness (QED) is 0.681. The third-order valence-corrected chi connectivity index (χ3v) is 4.28. The van der Waals surface area contributed by atoms with E-state index >= 15 is 0 Å². The lowest BCUT2D eigenvalue weighted by atomic mass is 9.86. The van der Waals surface area contributed by atoms with E-state index in [1.54, 1.807) is 6.20 Å². The summed E-state index contributed by atoms with van der Waals surface area (Å²) in [6.45, 7) is 6.82. The van der Waals surface area contributed by atoms with Crippen LogP contribution in [0.25, 0.3) is 0 Å². The molecule has 1 aromatic heterocycles. The van der Waals surface area contributed by atoms with Gasteiger partial charge in [0.1, 0.15) is 5.82 Å². The highest BCUT2D eigenvalue weighted by atomic mass is 16.7. The van der Waals surface area contributed by atoms with Gasteiger partial charge in [0.15, 0.2) is 11.5 Å². The van der Waals surface area contributed by atoms with Crippen molar-refractivity contribution in [2.75, 3.05) is 17.4 Å². The third kappa shape index (κ3) is 3.79. The van der Waals surface area contributed by atoms with E-state index in [9.17, 15) is 0 Å². The largest absolute Gasteiger partial charge is 0.454 e. The van der Waals surface area contributed by atoms with Crippen molar-refractivity contribution >= 4 is 23.1 Å². The van der Waals surface area contributed by atoms with Crippen LogP contribution < -0.4 is 20.1 Å². The average molecular weight is 362 g/mol. The molecular weight excluding hydrogens is 340 g/mol. The molecule has 2 N–H and O–H groups in total. The molecule has 0 unspecified atom stereocenters. The summed E-state index contributed by atoms with van der Waals surface area (Å²) in [6, 6.07) is 15.7. The van der Waals surface area contributed by atoms with Gasteiger partial charge in [0.25, 0.3) is 0 Å². The molecule has 0 saturated carbocycles. The van der Waals surface area contributed by atoms with Crippen LogP contribution in [0.1, 0.15) is 26.3 Å². The molecular formula is C21H22N4O2. The standard InChI is InChI=1S/C21H22N4O2/c1-21(2,3)15-6-4-5-7-16(15)24-20-22-11-10-19(25-20)23-14-8-9-17-18(12-14)27-13-26-17/h4-12H,13H2,1-3H3,(H2,22,23,24,25). The lowest BCUT2D eigenvalue weighted by molar-refractivity contribution is 0.174. The van der Waals surface area contributed by atoms with Crippen molar-refractivity contribution in [3.05, 3.63) is 60.3 Å². The Bertz CT molecular complexity index is 966. The number of ether oxygens (including phenoxy) is 2. The molecule has 2 aromatic carbocycles. The first-order chi connectivity index (χ1) is 13.0. The molecule has 0 atom stereocenters. The van der Waals surface area contributed by atoms with Crippen LogP contribution in [0.3, 0.4) is 0 Å². The summed E-state index contributed by atoms with van der Waals surface area (Å²) in [6.07, 6.45) is 1.73. The van der Waals surface area contributed by atoms with Crippen molar-refractivity contribution in [3.63, 3.8) is 0 Å². The van der Waals surface area contributed by atoms with Crippen molar-refractivity contribution in [2.24, 2.45) is 0 Å². The highest BCUT2D eigenvalue weighted by Gasteiger charge is 2.18. The summed E-state index contributed by atoms with van der Waals surface area (Å²) in [5, 5.41) is 6.62. The Morgan fingerprint density at radius 1 is 0.926 bits per heavy atom. The number of nitrogens with zero attached hydrogens (tertiary/aromatic N) is 2.